The second kappa shape index (κ2) is 7.71. The van der Waals surface area contributed by atoms with E-state index in [1.165, 1.54) is 37.1 Å². The molecule has 0 saturated carbocycles. The Labute approximate surface area is 165 Å². The molecule has 140 valence electrons. The Bertz CT molecular complexity index is 933. The standard InChI is InChI=1S/C21H22N4O.ClH/c1-2-10-25(9-1)14-15-4-3-5-17(12-15)20-22-21(24-23-20)18-6-7-19-16(13-18)8-11-26-19;/h3-7,12-13H,1-2,8-11,14H2,(H,22,23,24);1H. The first-order valence-corrected chi connectivity index (χ1v) is 9.35. The predicted octanol–water partition coefficient (Wildman–Crippen LogP) is 4.09. The zero-order valence-corrected chi connectivity index (χ0v) is 16.0. The maximum absolute atomic E-state index is 5.58. The molecule has 3 heterocycles. The Morgan fingerprint density at radius 3 is 2.81 bits per heavy atom. The molecule has 0 unspecified atom stereocenters. The number of ether oxygens (including phenoxy) is 1. The largest absolute Gasteiger partial charge is 0.493 e. The number of rotatable bonds is 4. The second-order valence-electron chi connectivity index (χ2n) is 7.11. The van der Waals surface area contributed by atoms with Crippen molar-refractivity contribution in [2.45, 2.75) is 25.8 Å². The molecule has 0 bridgehead atoms. The molecule has 0 amide bonds. The lowest BCUT2D eigenvalue weighted by atomic mass is 10.1. The highest BCUT2D eigenvalue weighted by Crippen LogP contribution is 2.30. The van der Waals surface area contributed by atoms with Crippen LogP contribution in [0.2, 0.25) is 0 Å². The summed E-state index contributed by atoms with van der Waals surface area (Å²) in [5, 5.41) is 7.54. The summed E-state index contributed by atoms with van der Waals surface area (Å²) < 4.78 is 5.58. The number of halogens is 1. The van der Waals surface area contributed by atoms with Gasteiger partial charge in [-0.3, -0.25) is 10.00 Å². The van der Waals surface area contributed by atoms with Gasteiger partial charge in [-0.05, 0) is 61.3 Å². The first kappa shape index (κ1) is 18.0. The highest BCUT2D eigenvalue weighted by molar-refractivity contribution is 5.85. The van der Waals surface area contributed by atoms with Crippen LogP contribution in [0, 0.1) is 0 Å². The topological polar surface area (TPSA) is 54.0 Å². The molecule has 3 aromatic rings. The van der Waals surface area contributed by atoms with Crippen LogP contribution in [-0.4, -0.2) is 39.8 Å². The molecule has 0 aliphatic carbocycles. The monoisotopic (exact) mass is 382 g/mol. The molecule has 6 heteroatoms. The van der Waals surface area contributed by atoms with Gasteiger partial charge in [-0.15, -0.1) is 12.4 Å². The molecule has 2 aliphatic heterocycles. The number of H-pyrrole nitrogens is 1. The van der Waals surface area contributed by atoms with Crippen molar-refractivity contribution < 1.29 is 4.74 Å². The minimum Gasteiger partial charge on any atom is -0.493 e. The minimum atomic E-state index is 0. The van der Waals surface area contributed by atoms with E-state index in [1.54, 1.807) is 0 Å². The predicted molar refractivity (Wildman–Crippen MR) is 108 cm³/mol. The number of aromatic amines is 1. The fraction of sp³-hybridized carbons (Fsp3) is 0.333. The smallest absolute Gasteiger partial charge is 0.181 e. The summed E-state index contributed by atoms with van der Waals surface area (Å²) in [4.78, 5) is 7.24. The molecule has 1 fully saturated rings. The van der Waals surface area contributed by atoms with E-state index in [0.29, 0.717) is 0 Å². The number of nitrogens with one attached hydrogen (secondary N) is 1. The van der Waals surface area contributed by atoms with Crippen molar-refractivity contribution in [3.63, 3.8) is 0 Å². The van der Waals surface area contributed by atoms with Gasteiger partial charge in [0.25, 0.3) is 0 Å². The zero-order valence-electron chi connectivity index (χ0n) is 15.1. The van der Waals surface area contributed by atoms with Gasteiger partial charge >= 0.3 is 0 Å². The van der Waals surface area contributed by atoms with Gasteiger partial charge in [0.1, 0.15) is 5.75 Å². The lowest BCUT2D eigenvalue weighted by molar-refractivity contribution is 0.331. The molecule has 2 aromatic carbocycles. The lowest BCUT2D eigenvalue weighted by Crippen LogP contribution is -2.18. The highest BCUT2D eigenvalue weighted by atomic mass is 35.5. The summed E-state index contributed by atoms with van der Waals surface area (Å²) in [7, 11) is 0. The molecule has 0 radical (unpaired) electrons. The van der Waals surface area contributed by atoms with E-state index in [4.69, 9.17) is 9.72 Å². The van der Waals surface area contributed by atoms with Gasteiger partial charge < -0.3 is 4.74 Å². The fourth-order valence-electron chi connectivity index (χ4n) is 3.86. The summed E-state index contributed by atoms with van der Waals surface area (Å²) in [6, 6.07) is 14.8. The number of fused-ring (bicyclic) bond motifs is 1. The van der Waals surface area contributed by atoms with E-state index >= 15 is 0 Å². The van der Waals surface area contributed by atoms with Crippen LogP contribution in [0.15, 0.2) is 42.5 Å². The normalized spacial score (nSPS) is 16.0. The van der Waals surface area contributed by atoms with Crippen LogP contribution in [0.1, 0.15) is 24.0 Å². The van der Waals surface area contributed by atoms with Gasteiger partial charge in [-0.2, -0.15) is 5.10 Å². The number of aromatic nitrogens is 3. The Hall–Kier alpha value is -2.37. The van der Waals surface area contributed by atoms with E-state index in [1.807, 2.05) is 12.1 Å². The summed E-state index contributed by atoms with van der Waals surface area (Å²) in [6.07, 6.45) is 3.59. The summed E-state index contributed by atoms with van der Waals surface area (Å²) >= 11 is 0. The van der Waals surface area contributed by atoms with Crippen LogP contribution < -0.4 is 4.74 Å². The quantitative estimate of drug-likeness (QED) is 0.738. The molecule has 0 spiro atoms. The van der Waals surface area contributed by atoms with Crippen LogP contribution in [0.5, 0.6) is 5.75 Å². The maximum atomic E-state index is 5.58. The zero-order chi connectivity index (χ0) is 17.3. The molecular formula is C21H23ClN4O. The number of hydrogen-bond donors (Lipinski definition) is 1. The van der Waals surface area contributed by atoms with Crippen molar-refractivity contribution in [3.05, 3.63) is 53.6 Å². The van der Waals surface area contributed by atoms with Crippen molar-refractivity contribution in [1.82, 2.24) is 20.1 Å². The van der Waals surface area contributed by atoms with Crippen LogP contribution in [0.3, 0.4) is 0 Å². The van der Waals surface area contributed by atoms with Crippen molar-refractivity contribution >= 4 is 12.4 Å². The Morgan fingerprint density at radius 1 is 1.04 bits per heavy atom. The van der Waals surface area contributed by atoms with Crippen LogP contribution in [0.25, 0.3) is 22.8 Å². The molecule has 1 aromatic heterocycles. The van der Waals surface area contributed by atoms with Crippen molar-refractivity contribution in [2.75, 3.05) is 19.7 Å². The van der Waals surface area contributed by atoms with Crippen LogP contribution in [0.4, 0.5) is 0 Å². The maximum Gasteiger partial charge on any atom is 0.181 e. The SMILES string of the molecule is Cl.c1cc(CN2CCCC2)cc(-c2n[nH]c(-c3ccc4c(c3)CCO4)n2)c1. The third-order valence-corrected chi connectivity index (χ3v) is 5.24. The molecule has 1 saturated heterocycles. The van der Waals surface area contributed by atoms with Crippen LogP contribution in [-0.2, 0) is 13.0 Å². The molecule has 5 nitrogen and oxygen atoms in total. The van der Waals surface area contributed by atoms with Crippen LogP contribution >= 0.6 is 12.4 Å². The molecular weight excluding hydrogens is 360 g/mol. The third kappa shape index (κ3) is 3.70. The average molecular weight is 383 g/mol. The summed E-state index contributed by atoms with van der Waals surface area (Å²) in [6.45, 7) is 4.19. The molecule has 5 rings (SSSR count). The third-order valence-electron chi connectivity index (χ3n) is 5.24. The van der Waals surface area contributed by atoms with Gasteiger partial charge in [-0.25, -0.2) is 4.98 Å². The second-order valence-corrected chi connectivity index (χ2v) is 7.11. The number of hydrogen-bond acceptors (Lipinski definition) is 4. The molecule has 1 N–H and O–H groups in total. The summed E-state index contributed by atoms with van der Waals surface area (Å²) in [5.41, 5.74) is 4.69. The first-order valence-electron chi connectivity index (χ1n) is 9.35. The van der Waals surface area contributed by atoms with E-state index in [2.05, 4.69) is 45.4 Å². The van der Waals surface area contributed by atoms with E-state index < -0.39 is 0 Å². The van der Waals surface area contributed by atoms with Crippen molar-refractivity contribution in [2.24, 2.45) is 0 Å². The minimum absolute atomic E-state index is 0. The molecule has 0 atom stereocenters. The van der Waals surface area contributed by atoms with Crippen molar-refractivity contribution in [3.8, 4) is 28.5 Å². The lowest BCUT2D eigenvalue weighted by Gasteiger charge is -2.14. The van der Waals surface area contributed by atoms with Gasteiger partial charge in [0.15, 0.2) is 11.6 Å². The molecule has 2 aliphatic rings. The Morgan fingerprint density at radius 2 is 1.93 bits per heavy atom. The fourth-order valence-corrected chi connectivity index (χ4v) is 3.86. The Balaban J connectivity index is 0.00000180. The van der Waals surface area contributed by atoms with Gasteiger partial charge in [-0.1, -0.05) is 18.2 Å². The average Bonchev–Trinajstić information content (AvgIpc) is 3.42. The highest BCUT2D eigenvalue weighted by Gasteiger charge is 2.16. The number of nitrogens with zero attached hydrogens (tertiary/aromatic N) is 3. The number of benzene rings is 2. The van der Waals surface area contributed by atoms with Gasteiger partial charge in [0, 0.05) is 24.1 Å². The van der Waals surface area contributed by atoms with Gasteiger partial charge in [0.05, 0.1) is 6.61 Å². The van der Waals surface area contributed by atoms with Crippen molar-refractivity contribution in [1.29, 1.82) is 0 Å². The summed E-state index contributed by atoms with van der Waals surface area (Å²) in [5.74, 6) is 2.54. The number of likely N-dealkylation sites (tertiary alicyclic amines) is 1. The molecule has 27 heavy (non-hydrogen) atoms. The first-order chi connectivity index (χ1) is 12.8. The van der Waals surface area contributed by atoms with E-state index in [0.717, 1.165) is 48.1 Å². The van der Waals surface area contributed by atoms with E-state index in [-0.39, 0.29) is 12.4 Å². The van der Waals surface area contributed by atoms with E-state index in [9.17, 15) is 0 Å². The Kier molecular flexibility index (Phi) is 5.14. The van der Waals surface area contributed by atoms with Gasteiger partial charge in [0.2, 0.25) is 0 Å².